The molecule has 1 N–H and O–H groups in total. The molecule has 0 amide bonds. The van der Waals surface area contributed by atoms with E-state index in [9.17, 15) is 4.39 Å². The molecule has 0 heterocycles. The summed E-state index contributed by atoms with van der Waals surface area (Å²) >= 11 is 0. The minimum atomic E-state index is -0.143. The average molecular weight is 297 g/mol. The van der Waals surface area contributed by atoms with E-state index in [1.54, 1.807) is 6.07 Å². The lowest BCUT2D eigenvalue weighted by atomic mass is 9.98. The van der Waals surface area contributed by atoms with Crippen LogP contribution in [0.25, 0.3) is 5.57 Å². The Bertz CT molecular complexity index is 688. The van der Waals surface area contributed by atoms with Gasteiger partial charge in [-0.3, -0.25) is 0 Å². The van der Waals surface area contributed by atoms with Crippen molar-refractivity contribution in [1.82, 2.24) is 0 Å². The molecule has 0 fully saturated rings. The highest BCUT2D eigenvalue weighted by atomic mass is 19.1. The number of hydrogen-bond donors (Lipinski definition) is 1. The van der Waals surface area contributed by atoms with Gasteiger partial charge in [0.2, 0.25) is 0 Å². The highest BCUT2D eigenvalue weighted by Gasteiger charge is 2.15. The molecule has 0 saturated carbocycles. The van der Waals surface area contributed by atoms with E-state index in [1.807, 2.05) is 32.0 Å². The van der Waals surface area contributed by atoms with E-state index >= 15 is 0 Å². The van der Waals surface area contributed by atoms with Gasteiger partial charge in [0.05, 0.1) is 6.04 Å². The Morgan fingerprint density at radius 2 is 2.00 bits per heavy atom. The third kappa shape index (κ3) is 3.38. The topological polar surface area (TPSA) is 12.0 Å². The highest BCUT2D eigenvalue weighted by molar-refractivity contribution is 5.66. The molecule has 0 aliphatic carbocycles. The van der Waals surface area contributed by atoms with E-state index in [1.165, 1.54) is 6.07 Å². The molecule has 22 heavy (non-hydrogen) atoms. The van der Waals surface area contributed by atoms with Crippen molar-refractivity contribution in [2.45, 2.75) is 40.2 Å². The lowest BCUT2D eigenvalue weighted by Crippen LogP contribution is -2.12. The number of allylic oxidation sites excluding steroid dienone is 1. The molecule has 0 saturated heterocycles. The average Bonchev–Trinajstić information content (AvgIpc) is 2.48. The lowest BCUT2D eigenvalue weighted by Gasteiger charge is -2.21. The van der Waals surface area contributed by atoms with Gasteiger partial charge in [0, 0.05) is 11.3 Å². The summed E-state index contributed by atoms with van der Waals surface area (Å²) < 4.78 is 14.2. The Morgan fingerprint density at radius 3 is 2.59 bits per heavy atom. The monoisotopic (exact) mass is 297 g/mol. The van der Waals surface area contributed by atoms with Crippen LogP contribution >= 0.6 is 0 Å². The van der Waals surface area contributed by atoms with Crippen LogP contribution < -0.4 is 5.32 Å². The van der Waals surface area contributed by atoms with Gasteiger partial charge in [0.1, 0.15) is 5.82 Å². The third-order valence-corrected chi connectivity index (χ3v) is 4.05. The fourth-order valence-corrected chi connectivity index (χ4v) is 2.77. The molecule has 2 rings (SSSR count). The van der Waals surface area contributed by atoms with Gasteiger partial charge in [-0.2, -0.15) is 0 Å². The molecule has 0 bridgehead atoms. The van der Waals surface area contributed by atoms with E-state index in [0.717, 1.165) is 39.9 Å². The minimum absolute atomic E-state index is 0.0782. The van der Waals surface area contributed by atoms with E-state index in [0.29, 0.717) is 0 Å². The number of hydrogen-bond acceptors (Lipinski definition) is 1. The maximum atomic E-state index is 14.2. The zero-order valence-electron chi connectivity index (χ0n) is 13.8. The normalized spacial score (nSPS) is 12.0. The van der Waals surface area contributed by atoms with Crippen LogP contribution in [0.5, 0.6) is 0 Å². The Morgan fingerprint density at radius 1 is 1.27 bits per heavy atom. The molecule has 0 radical (unpaired) electrons. The largest absolute Gasteiger partial charge is 0.378 e. The molecule has 2 aromatic rings. The molecule has 0 spiro atoms. The number of anilines is 1. The zero-order chi connectivity index (χ0) is 16.3. The molecular weight excluding hydrogens is 273 g/mol. The maximum absolute atomic E-state index is 14.2. The first-order chi connectivity index (χ1) is 10.4. The van der Waals surface area contributed by atoms with Crippen LogP contribution in [-0.2, 0) is 6.42 Å². The van der Waals surface area contributed by atoms with Gasteiger partial charge in [0.25, 0.3) is 0 Å². The van der Waals surface area contributed by atoms with Crippen molar-refractivity contribution in [2.24, 2.45) is 0 Å². The lowest BCUT2D eigenvalue weighted by molar-refractivity contribution is 0.596. The minimum Gasteiger partial charge on any atom is -0.378 e. The molecule has 116 valence electrons. The molecule has 1 nitrogen and oxygen atoms in total. The zero-order valence-corrected chi connectivity index (χ0v) is 13.8. The van der Waals surface area contributed by atoms with Gasteiger partial charge in [0.15, 0.2) is 0 Å². The second-order valence-electron chi connectivity index (χ2n) is 5.84. The van der Waals surface area contributed by atoms with E-state index < -0.39 is 0 Å². The number of rotatable bonds is 5. The third-order valence-electron chi connectivity index (χ3n) is 4.05. The first-order valence-electron chi connectivity index (χ1n) is 7.74. The first-order valence-corrected chi connectivity index (χ1v) is 7.74. The van der Waals surface area contributed by atoms with Gasteiger partial charge in [-0.15, -0.1) is 0 Å². The SMILES string of the molecule is C=C(C)c1ccc(NC(C)c2c(F)cccc2CC)c(C)c1. The molecule has 0 aliphatic rings. The number of aryl methyl sites for hydroxylation is 2. The van der Waals surface area contributed by atoms with Crippen LogP contribution in [0.3, 0.4) is 0 Å². The van der Waals surface area contributed by atoms with Crippen molar-refractivity contribution in [2.75, 3.05) is 5.32 Å². The predicted molar refractivity (Wildman–Crippen MR) is 93.7 cm³/mol. The van der Waals surface area contributed by atoms with Gasteiger partial charge in [-0.05, 0) is 62.1 Å². The van der Waals surface area contributed by atoms with Crippen LogP contribution in [0.4, 0.5) is 10.1 Å². The van der Waals surface area contributed by atoms with Gasteiger partial charge < -0.3 is 5.32 Å². The first kappa shape index (κ1) is 16.3. The number of nitrogens with one attached hydrogen (secondary N) is 1. The summed E-state index contributed by atoms with van der Waals surface area (Å²) in [4.78, 5) is 0. The van der Waals surface area contributed by atoms with Crippen molar-refractivity contribution in [1.29, 1.82) is 0 Å². The van der Waals surface area contributed by atoms with Gasteiger partial charge in [-0.25, -0.2) is 4.39 Å². The van der Waals surface area contributed by atoms with Crippen molar-refractivity contribution >= 4 is 11.3 Å². The summed E-state index contributed by atoms with van der Waals surface area (Å²) in [5, 5.41) is 3.44. The Labute approximate surface area is 132 Å². The van der Waals surface area contributed by atoms with Crippen LogP contribution in [0.2, 0.25) is 0 Å². The van der Waals surface area contributed by atoms with Crippen LogP contribution in [0.15, 0.2) is 43.0 Å². The summed E-state index contributed by atoms with van der Waals surface area (Å²) in [5.74, 6) is -0.143. The molecule has 1 atom stereocenters. The summed E-state index contributed by atoms with van der Waals surface area (Å²) in [6.45, 7) is 12.1. The fraction of sp³-hybridized carbons (Fsp3) is 0.300. The second kappa shape index (κ2) is 6.78. The Hall–Kier alpha value is -2.09. The standard InChI is InChI=1S/C20H24FN/c1-6-16-8-7-9-18(21)20(16)15(5)22-19-11-10-17(13(2)3)12-14(19)4/h7-12,15,22H,2,6H2,1,3-5H3. The Kier molecular flexibility index (Phi) is 5.02. The molecule has 1 unspecified atom stereocenters. The van der Waals surface area contributed by atoms with Crippen LogP contribution in [0, 0.1) is 12.7 Å². The Balaban J connectivity index is 2.30. The number of benzene rings is 2. The summed E-state index contributed by atoms with van der Waals surface area (Å²) in [7, 11) is 0. The molecule has 2 heteroatoms. The van der Waals surface area contributed by atoms with Crippen molar-refractivity contribution in [3.8, 4) is 0 Å². The predicted octanol–water partition coefficient (Wildman–Crippen LogP) is 5.90. The summed E-state index contributed by atoms with van der Waals surface area (Å²) in [6, 6.07) is 11.4. The van der Waals surface area contributed by atoms with E-state index in [2.05, 4.69) is 31.8 Å². The van der Waals surface area contributed by atoms with Crippen molar-refractivity contribution in [3.63, 3.8) is 0 Å². The van der Waals surface area contributed by atoms with Gasteiger partial charge >= 0.3 is 0 Å². The fourth-order valence-electron chi connectivity index (χ4n) is 2.77. The van der Waals surface area contributed by atoms with Crippen LogP contribution in [0.1, 0.15) is 49.1 Å². The molecular formula is C20H24FN. The summed E-state index contributed by atoms with van der Waals surface area (Å²) in [6.07, 6.45) is 0.826. The quantitative estimate of drug-likeness (QED) is 0.724. The molecule has 2 aromatic carbocycles. The second-order valence-corrected chi connectivity index (χ2v) is 5.84. The van der Waals surface area contributed by atoms with Crippen molar-refractivity contribution < 1.29 is 4.39 Å². The number of halogens is 1. The molecule has 0 aliphatic heterocycles. The maximum Gasteiger partial charge on any atom is 0.128 e. The molecule has 0 aromatic heterocycles. The van der Waals surface area contributed by atoms with E-state index in [-0.39, 0.29) is 11.9 Å². The highest BCUT2D eigenvalue weighted by Crippen LogP contribution is 2.28. The van der Waals surface area contributed by atoms with Crippen molar-refractivity contribution in [3.05, 3.63) is 71.0 Å². The smallest absolute Gasteiger partial charge is 0.128 e. The van der Waals surface area contributed by atoms with E-state index in [4.69, 9.17) is 0 Å². The van der Waals surface area contributed by atoms with Gasteiger partial charge in [-0.1, -0.05) is 37.3 Å². The van der Waals surface area contributed by atoms with Crippen LogP contribution in [-0.4, -0.2) is 0 Å². The summed E-state index contributed by atoms with van der Waals surface area (Å²) in [5.41, 5.74) is 6.16.